The molecule has 2 aromatic rings. The molecule has 7 nitrogen and oxygen atoms in total. The van der Waals surface area contributed by atoms with E-state index in [-0.39, 0.29) is 18.3 Å². The average Bonchev–Trinajstić information content (AvgIpc) is 3.08. The number of nitrogens with one attached hydrogen (secondary N) is 2. The molecule has 0 unspecified atom stereocenters. The van der Waals surface area contributed by atoms with Gasteiger partial charge in [-0.15, -0.1) is 0 Å². The van der Waals surface area contributed by atoms with Gasteiger partial charge in [-0.3, -0.25) is 5.32 Å². The van der Waals surface area contributed by atoms with Gasteiger partial charge < -0.3 is 15.5 Å². The van der Waals surface area contributed by atoms with Gasteiger partial charge >= 0.3 is 6.03 Å². The van der Waals surface area contributed by atoms with Crippen LogP contribution in [0.5, 0.6) is 5.75 Å². The van der Waals surface area contributed by atoms with Crippen LogP contribution >= 0.6 is 0 Å². The maximum absolute atomic E-state index is 12.1. The molecule has 1 aromatic carbocycles. The Balaban J connectivity index is 1.49. The lowest BCUT2D eigenvalue weighted by atomic mass is 9.89. The predicted molar refractivity (Wildman–Crippen MR) is 98.9 cm³/mol. The Hall–Kier alpha value is -2.54. The molecule has 0 saturated heterocycles. The standard InChI is InChI=1S/C19H26N4O3/c24-16-8-6-15(7-9-16)17(25)12-20-19(26)22-18-10-11-21-23(18)13-14-4-2-1-3-5-14/h6-11,14,17,24-25H,1-5,12-13H2,(H2,20,22,26)/t17-/m1/s1. The summed E-state index contributed by atoms with van der Waals surface area (Å²) in [7, 11) is 0. The number of aliphatic hydroxyl groups excluding tert-OH is 1. The van der Waals surface area contributed by atoms with Gasteiger partial charge in [-0.05, 0) is 36.5 Å². The van der Waals surface area contributed by atoms with Crippen molar-refractivity contribution in [3.05, 3.63) is 42.1 Å². The number of amides is 2. The molecule has 2 amide bonds. The minimum atomic E-state index is -0.839. The monoisotopic (exact) mass is 358 g/mol. The van der Waals surface area contributed by atoms with E-state index in [2.05, 4.69) is 15.7 Å². The first-order valence-corrected chi connectivity index (χ1v) is 9.15. The SMILES string of the molecule is O=C(NC[C@@H](O)c1ccc(O)cc1)Nc1ccnn1CC1CCCCC1. The fraction of sp³-hybridized carbons (Fsp3) is 0.474. The number of nitrogens with zero attached hydrogens (tertiary/aromatic N) is 2. The van der Waals surface area contributed by atoms with Gasteiger partial charge in [-0.1, -0.05) is 31.4 Å². The number of carbonyl (C=O) groups excluding carboxylic acids is 1. The summed E-state index contributed by atoms with van der Waals surface area (Å²) in [6, 6.07) is 7.65. The minimum Gasteiger partial charge on any atom is -0.508 e. The molecule has 1 fully saturated rings. The number of urea groups is 1. The molecule has 1 heterocycles. The topological polar surface area (TPSA) is 99.4 Å². The Morgan fingerprint density at radius 2 is 1.92 bits per heavy atom. The first kappa shape index (κ1) is 18.3. The molecule has 1 aliphatic carbocycles. The van der Waals surface area contributed by atoms with Crippen LogP contribution in [0.15, 0.2) is 36.5 Å². The fourth-order valence-corrected chi connectivity index (χ4v) is 3.36. The molecule has 0 aliphatic heterocycles. The Bertz CT molecular complexity index is 708. The second kappa shape index (κ2) is 8.71. The number of carbonyl (C=O) groups is 1. The number of phenolic OH excluding ortho intramolecular Hbond substituents is 1. The van der Waals surface area contributed by atoms with Gasteiger partial charge in [0.1, 0.15) is 11.6 Å². The highest BCUT2D eigenvalue weighted by Crippen LogP contribution is 2.25. The lowest BCUT2D eigenvalue weighted by molar-refractivity contribution is 0.175. The molecule has 1 aliphatic rings. The number of anilines is 1. The van der Waals surface area contributed by atoms with Crippen molar-refractivity contribution >= 4 is 11.8 Å². The van der Waals surface area contributed by atoms with Gasteiger partial charge in [0.15, 0.2) is 0 Å². The first-order valence-electron chi connectivity index (χ1n) is 9.15. The third-order valence-electron chi connectivity index (χ3n) is 4.85. The summed E-state index contributed by atoms with van der Waals surface area (Å²) in [5, 5.41) is 29.2. The average molecular weight is 358 g/mol. The molecule has 26 heavy (non-hydrogen) atoms. The zero-order valence-corrected chi connectivity index (χ0v) is 14.8. The molecule has 1 saturated carbocycles. The van der Waals surface area contributed by atoms with Crippen LogP contribution in [0, 0.1) is 5.92 Å². The zero-order valence-electron chi connectivity index (χ0n) is 14.8. The number of aromatic hydroxyl groups is 1. The molecule has 0 radical (unpaired) electrons. The molecule has 1 atom stereocenters. The second-order valence-corrected chi connectivity index (χ2v) is 6.84. The number of rotatable bonds is 6. The zero-order chi connectivity index (χ0) is 18.4. The van der Waals surface area contributed by atoms with E-state index in [1.54, 1.807) is 24.4 Å². The number of benzene rings is 1. The van der Waals surface area contributed by atoms with Gasteiger partial charge in [0.05, 0.1) is 12.3 Å². The summed E-state index contributed by atoms with van der Waals surface area (Å²) in [4.78, 5) is 12.1. The normalized spacial score (nSPS) is 16.2. The maximum Gasteiger partial charge on any atom is 0.320 e. The van der Waals surface area contributed by atoms with Crippen LogP contribution in [0.2, 0.25) is 0 Å². The van der Waals surface area contributed by atoms with Gasteiger partial charge in [-0.25, -0.2) is 9.48 Å². The van der Waals surface area contributed by atoms with Crippen molar-refractivity contribution in [3.63, 3.8) is 0 Å². The van der Waals surface area contributed by atoms with E-state index in [1.165, 1.54) is 44.2 Å². The van der Waals surface area contributed by atoms with E-state index in [0.717, 1.165) is 6.54 Å². The van der Waals surface area contributed by atoms with Crippen LogP contribution in [0.1, 0.15) is 43.8 Å². The van der Waals surface area contributed by atoms with Crippen molar-refractivity contribution in [2.45, 2.75) is 44.8 Å². The lowest BCUT2D eigenvalue weighted by Gasteiger charge is -2.22. The number of hydrogen-bond donors (Lipinski definition) is 4. The van der Waals surface area contributed by atoms with Gasteiger partial charge in [0.2, 0.25) is 0 Å². The highest BCUT2D eigenvalue weighted by atomic mass is 16.3. The second-order valence-electron chi connectivity index (χ2n) is 6.84. The lowest BCUT2D eigenvalue weighted by Crippen LogP contribution is -2.33. The highest BCUT2D eigenvalue weighted by molar-refractivity contribution is 5.88. The van der Waals surface area contributed by atoms with Crippen LogP contribution in [-0.2, 0) is 6.54 Å². The molecule has 3 rings (SSSR count). The van der Waals surface area contributed by atoms with Crippen LogP contribution in [0.3, 0.4) is 0 Å². The summed E-state index contributed by atoms with van der Waals surface area (Å²) < 4.78 is 1.84. The van der Waals surface area contributed by atoms with Gasteiger partial charge in [0, 0.05) is 19.2 Å². The largest absolute Gasteiger partial charge is 0.508 e. The van der Waals surface area contributed by atoms with E-state index in [9.17, 15) is 15.0 Å². The van der Waals surface area contributed by atoms with Gasteiger partial charge in [0.25, 0.3) is 0 Å². The Morgan fingerprint density at radius 3 is 2.65 bits per heavy atom. The third-order valence-corrected chi connectivity index (χ3v) is 4.85. The summed E-state index contributed by atoms with van der Waals surface area (Å²) in [5.74, 6) is 1.41. The Morgan fingerprint density at radius 1 is 1.19 bits per heavy atom. The van der Waals surface area contributed by atoms with E-state index in [4.69, 9.17) is 0 Å². The Kier molecular flexibility index (Phi) is 6.12. The van der Waals surface area contributed by atoms with Crippen molar-refractivity contribution < 1.29 is 15.0 Å². The number of hydrogen-bond acceptors (Lipinski definition) is 4. The van der Waals surface area contributed by atoms with Crippen LogP contribution in [0.25, 0.3) is 0 Å². The summed E-state index contributed by atoms with van der Waals surface area (Å²) in [5.41, 5.74) is 0.630. The number of aliphatic hydroxyl groups is 1. The summed E-state index contributed by atoms with van der Waals surface area (Å²) >= 11 is 0. The van der Waals surface area contributed by atoms with E-state index >= 15 is 0 Å². The molecular formula is C19H26N4O3. The fourth-order valence-electron chi connectivity index (χ4n) is 3.36. The summed E-state index contributed by atoms with van der Waals surface area (Å²) in [6.45, 7) is 0.895. The molecular weight excluding hydrogens is 332 g/mol. The summed E-state index contributed by atoms with van der Waals surface area (Å²) in [6.07, 6.45) is 7.12. The van der Waals surface area contributed by atoms with E-state index in [0.29, 0.717) is 17.3 Å². The van der Waals surface area contributed by atoms with Crippen molar-refractivity contribution in [3.8, 4) is 5.75 Å². The van der Waals surface area contributed by atoms with Crippen LogP contribution < -0.4 is 10.6 Å². The van der Waals surface area contributed by atoms with Crippen molar-refractivity contribution in [1.29, 1.82) is 0 Å². The molecule has 4 N–H and O–H groups in total. The van der Waals surface area contributed by atoms with Crippen molar-refractivity contribution in [1.82, 2.24) is 15.1 Å². The van der Waals surface area contributed by atoms with E-state index < -0.39 is 6.10 Å². The van der Waals surface area contributed by atoms with Crippen molar-refractivity contribution in [2.75, 3.05) is 11.9 Å². The molecule has 0 spiro atoms. The van der Waals surface area contributed by atoms with Crippen LogP contribution in [0.4, 0.5) is 10.6 Å². The maximum atomic E-state index is 12.1. The third kappa shape index (κ3) is 4.98. The van der Waals surface area contributed by atoms with Crippen LogP contribution in [-0.4, -0.2) is 32.6 Å². The predicted octanol–water partition coefficient (Wildman–Crippen LogP) is 3.02. The number of aromatic nitrogens is 2. The van der Waals surface area contributed by atoms with Gasteiger partial charge in [-0.2, -0.15) is 5.10 Å². The highest BCUT2D eigenvalue weighted by Gasteiger charge is 2.17. The molecule has 140 valence electrons. The van der Waals surface area contributed by atoms with Crippen molar-refractivity contribution in [2.24, 2.45) is 5.92 Å². The smallest absolute Gasteiger partial charge is 0.320 e. The van der Waals surface area contributed by atoms with E-state index in [1.807, 2.05) is 4.68 Å². The quantitative estimate of drug-likeness (QED) is 0.638. The number of phenols is 1. The minimum absolute atomic E-state index is 0.0768. The molecule has 7 heteroatoms. The first-order chi connectivity index (χ1) is 12.6. The Labute approximate surface area is 153 Å². The molecule has 1 aromatic heterocycles. The molecule has 0 bridgehead atoms.